The molecular formula is C37H43N5O5. The van der Waals surface area contributed by atoms with Gasteiger partial charge in [0.05, 0.1) is 0 Å². The van der Waals surface area contributed by atoms with Crippen LogP contribution in [-0.4, -0.2) is 61.9 Å². The van der Waals surface area contributed by atoms with Crippen molar-refractivity contribution in [1.82, 2.24) is 20.0 Å². The van der Waals surface area contributed by atoms with E-state index in [1.54, 1.807) is 36.4 Å². The molecule has 1 saturated heterocycles. The summed E-state index contributed by atoms with van der Waals surface area (Å²) in [5.41, 5.74) is 4.78. The van der Waals surface area contributed by atoms with Gasteiger partial charge in [0.25, 0.3) is 0 Å². The second-order valence-electron chi connectivity index (χ2n) is 13.1. The van der Waals surface area contributed by atoms with Crippen LogP contribution >= 0.6 is 0 Å². The molecule has 1 fully saturated rings. The molecule has 0 aliphatic carbocycles. The average Bonchev–Trinajstić information content (AvgIpc) is 3.42. The number of nitrogens with zero attached hydrogens (tertiary/aromatic N) is 3. The Balaban J connectivity index is 1.33. The van der Waals surface area contributed by atoms with Gasteiger partial charge in [-0.3, -0.25) is 14.3 Å². The van der Waals surface area contributed by atoms with Crippen molar-refractivity contribution < 1.29 is 24.2 Å². The smallest absolute Gasteiger partial charge is 0.408 e. The molecule has 3 amide bonds. The number of carbonyl (C=O) groups is 3. The Labute approximate surface area is 275 Å². The number of amides is 3. The minimum Gasteiger partial charge on any atom is -0.507 e. The van der Waals surface area contributed by atoms with E-state index in [-0.39, 0.29) is 24.0 Å². The first-order valence-corrected chi connectivity index (χ1v) is 16.0. The van der Waals surface area contributed by atoms with Gasteiger partial charge in [0.15, 0.2) is 0 Å². The van der Waals surface area contributed by atoms with Gasteiger partial charge in [-0.05, 0) is 82.3 Å². The number of ether oxygens (including phenoxy) is 1. The van der Waals surface area contributed by atoms with Crippen molar-refractivity contribution in [3.05, 3.63) is 90.1 Å². The summed E-state index contributed by atoms with van der Waals surface area (Å²) in [5.74, 6) is -0.454. The van der Waals surface area contributed by atoms with E-state index in [1.165, 1.54) is 0 Å². The molecule has 10 heteroatoms. The Morgan fingerprint density at radius 1 is 1.00 bits per heavy atom. The number of likely N-dealkylation sites (tertiary alicyclic amines) is 1. The topological polar surface area (TPSA) is 126 Å². The number of phenols is 1. The third-order valence-electron chi connectivity index (χ3n) is 8.06. The minimum atomic E-state index is -0.901. The zero-order valence-electron chi connectivity index (χ0n) is 27.6. The van der Waals surface area contributed by atoms with Crippen LogP contribution in [0.1, 0.15) is 51.2 Å². The van der Waals surface area contributed by atoms with Crippen molar-refractivity contribution in [1.29, 1.82) is 0 Å². The van der Waals surface area contributed by atoms with Gasteiger partial charge in [0, 0.05) is 43.0 Å². The SMILES string of the molecule is Cc1ccc(O)c(-c2nn(C)cc2-c2ccc(NC(=O)C3CCCCN3C(=O)[C@H](Cc3ccccc3)NC(=O)OC(C)(C)C)cc2)c1. The fraction of sp³-hybridized carbons (Fsp3) is 0.351. The number of aryl methyl sites for hydroxylation is 2. The molecule has 2 atom stereocenters. The van der Waals surface area contributed by atoms with Crippen LogP contribution in [0.3, 0.4) is 0 Å². The first kappa shape index (κ1) is 33.2. The highest BCUT2D eigenvalue weighted by atomic mass is 16.6. The lowest BCUT2D eigenvalue weighted by Gasteiger charge is -2.37. The molecular weight excluding hydrogens is 594 g/mol. The molecule has 1 aliphatic rings. The number of alkyl carbamates (subject to hydrolysis) is 1. The number of benzene rings is 3. The summed E-state index contributed by atoms with van der Waals surface area (Å²) in [5, 5.41) is 20.9. The lowest BCUT2D eigenvalue weighted by atomic mass is 9.97. The highest BCUT2D eigenvalue weighted by Gasteiger charge is 2.37. The Morgan fingerprint density at radius 2 is 1.72 bits per heavy atom. The third-order valence-corrected chi connectivity index (χ3v) is 8.06. The Morgan fingerprint density at radius 3 is 2.43 bits per heavy atom. The maximum Gasteiger partial charge on any atom is 0.408 e. The number of carbonyl (C=O) groups excluding carboxylic acids is 3. The van der Waals surface area contributed by atoms with Gasteiger partial charge >= 0.3 is 6.09 Å². The number of rotatable bonds is 8. The predicted molar refractivity (Wildman–Crippen MR) is 182 cm³/mol. The second kappa shape index (κ2) is 14.1. The van der Waals surface area contributed by atoms with E-state index in [0.29, 0.717) is 29.9 Å². The highest BCUT2D eigenvalue weighted by Crippen LogP contribution is 2.36. The summed E-state index contributed by atoms with van der Waals surface area (Å²) in [6, 6.07) is 20.7. The number of hydrogen-bond donors (Lipinski definition) is 3. The number of aromatic nitrogens is 2. The van der Waals surface area contributed by atoms with E-state index < -0.39 is 23.8 Å². The summed E-state index contributed by atoms with van der Waals surface area (Å²) in [6.07, 6.45) is 3.56. The third kappa shape index (κ3) is 8.38. The first-order chi connectivity index (χ1) is 22.4. The number of hydrogen-bond acceptors (Lipinski definition) is 6. The van der Waals surface area contributed by atoms with Crippen LogP contribution in [-0.2, 0) is 27.8 Å². The van der Waals surface area contributed by atoms with Crippen molar-refractivity contribution in [3.63, 3.8) is 0 Å². The van der Waals surface area contributed by atoms with Crippen molar-refractivity contribution in [2.75, 3.05) is 11.9 Å². The normalized spacial score (nSPS) is 15.5. The summed E-state index contributed by atoms with van der Waals surface area (Å²) < 4.78 is 7.17. The quantitative estimate of drug-likeness (QED) is 0.211. The molecule has 47 heavy (non-hydrogen) atoms. The molecule has 0 radical (unpaired) electrons. The molecule has 0 saturated carbocycles. The van der Waals surface area contributed by atoms with Crippen LogP contribution in [0.2, 0.25) is 0 Å². The van der Waals surface area contributed by atoms with E-state index in [2.05, 4.69) is 15.7 Å². The fourth-order valence-corrected chi connectivity index (χ4v) is 5.86. The number of aromatic hydroxyl groups is 1. The molecule has 3 N–H and O–H groups in total. The van der Waals surface area contributed by atoms with Gasteiger partial charge in [-0.25, -0.2) is 4.79 Å². The van der Waals surface area contributed by atoms with E-state index in [0.717, 1.165) is 35.1 Å². The predicted octanol–water partition coefficient (Wildman–Crippen LogP) is 6.22. The Kier molecular flexibility index (Phi) is 9.98. The summed E-state index contributed by atoms with van der Waals surface area (Å²) in [7, 11) is 1.83. The van der Waals surface area contributed by atoms with Crippen LogP contribution in [0.5, 0.6) is 5.75 Å². The first-order valence-electron chi connectivity index (χ1n) is 16.0. The monoisotopic (exact) mass is 637 g/mol. The van der Waals surface area contributed by atoms with E-state index in [1.807, 2.05) is 86.9 Å². The lowest BCUT2D eigenvalue weighted by Crippen LogP contribution is -2.57. The lowest BCUT2D eigenvalue weighted by molar-refractivity contribution is -0.142. The van der Waals surface area contributed by atoms with Gasteiger partial charge in [0.2, 0.25) is 11.8 Å². The van der Waals surface area contributed by atoms with Gasteiger partial charge in [0.1, 0.15) is 29.1 Å². The van der Waals surface area contributed by atoms with Crippen LogP contribution in [0, 0.1) is 6.92 Å². The van der Waals surface area contributed by atoms with Crippen LogP contribution in [0.4, 0.5) is 10.5 Å². The standard InChI is InChI=1S/C37H43N5O5/c1-24-14-19-32(43)28(21-24)33-29(23-41(5)40-33)26-15-17-27(18-16-26)38-34(44)31-13-9-10-20-42(31)35(45)30(22-25-11-7-6-8-12-25)39-36(46)47-37(2,3)4/h6-8,11-12,14-19,21,23,30-31,43H,9-10,13,20,22H2,1-5H3,(H,38,44)(H,39,46)/t30-,31?/m0/s1. The van der Waals surface area contributed by atoms with Gasteiger partial charge in [-0.2, -0.15) is 5.10 Å². The highest BCUT2D eigenvalue weighted by molar-refractivity contribution is 5.98. The second-order valence-corrected chi connectivity index (χ2v) is 13.1. The largest absolute Gasteiger partial charge is 0.507 e. The molecule has 246 valence electrons. The molecule has 1 aliphatic heterocycles. The van der Waals surface area contributed by atoms with Gasteiger partial charge < -0.3 is 25.4 Å². The average molecular weight is 638 g/mol. The minimum absolute atomic E-state index is 0.151. The van der Waals surface area contributed by atoms with Crippen molar-refractivity contribution in [3.8, 4) is 28.1 Å². The van der Waals surface area contributed by atoms with E-state index >= 15 is 0 Å². The molecule has 5 rings (SSSR count). The summed E-state index contributed by atoms with van der Waals surface area (Å²) in [6.45, 7) is 7.67. The molecule has 1 unspecified atom stereocenters. The van der Waals surface area contributed by atoms with E-state index in [9.17, 15) is 19.5 Å². The molecule has 0 spiro atoms. The van der Waals surface area contributed by atoms with Gasteiger partial charge in [-0.15, -0.1) is 0 Å². The molecule has 0 bridgehead atoms. The van der Waals surface area contributed by atoms with Gasteiger partial charge in [-0.1, -0.05) is 54.1 Å². The van der Waals surface area contributed by atoms with Crippen LogP contribution in [0.25, 0.3) is 22.4 Å². The molecule has 3 aromatic carbocycles. The molecule has 2 heterocycles. The summed E-state index contributed by atoms with van der Waals surface area (Å²) >= 11 is 0. The van der Waals surface area contributed by atoms with Crippen molar-refractivity contribution in [2.24, 2.45) is 7.05 Å². The fourth-order valence-electron chi connectivity index (χ4n) is 5.86. The number of anilines is 1. The molecule has 1 aromatic heterocycles. The van der Waals surface area contributed by atoms with E-state index in [4.69, 9.17) is 4.74 Å². The number of nitrogens with one attached hydrogen (secondary N) is 2. The maximum absolute atomic E-state index is 14.0. The molecule has 4 aromatic rings. The van der Waals surface area contributed by atoms with Crippen LogP contribution in [0.15, 0.2) is 79.0 Å². The summed E-state index contributed by atoms with van der Waals surface area (Å²) in [4.78, 5) is 42.1. The van der Waals surface area contributed by atoms with Crippen molar-refractivity contribution in [2.45, 2.75) is 71.1 Å². The Hall–Kier alpha value is -5.12. The molecule has 10 nitrogen and oxygen atoms in total. The van der Waals surface area contributed by atoms with Crippen LogP contribution < -0.4 is 10.6 Å². The zero-order chi connectivity index (χ0) is 33.7. The zero-order valence-corrected chi connectivity index (χ0v) is 27.6. The number of phenolic OH excluding ortho intramolecular Hbond substituents is 1. The van der Waals surface area contributed by atoms with Crippen molar-refractivity contribution >= 4 is 23.6 Å². The number of piperidine rings is 1. The maximum atomic E-state index is 14.0. The Bertz CT molecular complexity index is 1730.